The Morgan fingerprint density at radius 3 is 2.48 bits per heavy atom. The Morgan fingerprint density at radius 1 is 1.10 bits per heavy atom. The van der Waals surface area contributed by atoms with Gasteiger partial charge in [-0.2, -0.15) is 0 Å². The standard InChI is InChI=1S/C21H22Cl2N4O2/c1-24-18-9-16(26-20-14(22)10-25-11-15(20)23)13-7-8-17(28-2)21(19(13)27-18)29-12-5-3-4-6-12/h7-12H,3-6H2,1-2H3,(H2,24,25,26,27). The summed E-state index contributed by atoms with van der Waals surface area (Å²) in [7, 11) is 3.46. The van der Waals surface area contributed by atoms with E-state index in [9.17, 15) is 0 Å². The minimum absolute atomic E-state index is 0.176. The summed E-state index contributed by atoms with van der Waals surface area (Å²) >= 11 is 12.6. The van der Waals surface area contributed by atoms with Crippen molar-refractivity contribution in [3.63, 3.8) is 0 Å². The second kappa shape index (κ2) is 8.51. The Balaban J connectivity index is 1.86. The van der Waals surface area contributed by atoms with E-state index in [0.717, 1.165) is 23.9 Å². The SMILES string of the molecule is CNc1cc(Nc2c(Cl)cncc2Cl)c2ccc(OC)c(OC3CCCC3)c2n1. The van der Waals surface area contributed by atoms with Crippen LogP contribution in [0.5, 0.6) is 11.5 Å². The van der Waals surface area contributed by atoms with Crippen LogP contribution in [0, 0.1) is 0 Å². The molecule has 1 aliphatic carbocycles. The van der Waals surface area contributed by atoms with E-state index in [0.29, 0.717) is 38.6 Å². The minimum atomic E-state index is 0.176. The fourth-order valence-corrected chi connectivity index (χ4v) is 4.05. The molecule has 1 saturated carbocycles. The largest absolute Gasteiger partial charge is 0.493 e. The number of hydrogen-bond acceptors (Lipinski definition) is 6. The van der Waals surface area contributed by atoms with E-state index >= 15 is 0 Å². The number of aromatic nitrogens is 2. The predicted molar refractivity (Wildman–Crippen MR) is 118 cm³/mol. The van der Waals surface area contributed by atoms with Crippen molar-refractivity contribution in [3.8, 4) is 11.5 Å². The summed E-state index contributed by atoms with van der Waals surface area (Å²) in [5.41, 5.74) is 2.10. The number of fused-ring (bicyclic) bond motifs is 1. The molecule has 0 radical (unpaired) electrons. The molecule has 0 bridgehead atoms. The highest BCUT2D eigenvalue weighted by Gasteiger charge is 2.22. The van der Waals surface area contributed by atoms with Gasteiger partial charge >= 0.3 is 0 Å². The number of hydrogen-bond donors (Lipinski definition) is 2. The number of ether oxygens (including phenoxy) is 2. The summed E-state index contributed by atoms with van der Waals surface area (Å²) in [5, 5.41) is 8.19. The number of rotatable bonds is 6. The van der Waals surface area contributed by atoms with Gasteiger partial charge in [0, 0.05) is 30.9 Å². The molecule has 3 aromatic rings. The van der Waals surface area contributed by atoms with E-state index in [1.54, 1.807) is 19.5 Å². The van der Waals surface area contributed by atoms with Crippen LogP contribution in [0.25, 0.3) is 10.9 Å². The van der Waals surface area contributed by atoms with Crippen molar-refractivity contribution in [2.45, 2.75) is 31.8 Å². The zero-order valence-electron chi connectivity index (χ0n) is 16.3. The molecule has 2 N–H and O–H groups in total. The summed E-state index contributed by atoms with van der Waals surface area (Å²) in [6.45, 7) is 0. The van der Waals surface area contributed by atoms with Gasteiger partial charge in [0.2, 0.25) is 0 Å². The average molecular weight is 433 g/mol. The van der Waals surface area contributed by atoms with E-state index in [4.69, 9.17) is 37.7 Å². The summed E-state index contributed by atoms with van der Waals surface area (Å²) in [5.74, 6) is 2.01. The molecule has 0 atom stereocenters. The molecule has 1 aromatic carbocycles. The van der Waals surface area contributed by atoms with Gasteiger partial charge in [-0.05, 0) is 37.8 Å². The van der Waals surface area contributed by atoms with Crippen LogP contribution >= 0.6 is 23.2 Å². The number of benzene rings is 1. The van der Waals surface area contributed by atoms with Crippen LogP contribution in [-0.4, -0.2) is 30.2 Å². The Labute approximate surface area is 179 Å². The molecule has 0 aliphatic heterocycles. The Kier molecular flexibility index (Phi) is 5.83. The Hall–Kier alpha value is -2.44. The molecule has 1 aliphatic rings. The first-order chi connectivity index (χ1) is 14.1. The van der Waals surface area contributed by atoms with Gasteiger partial charge in [-0.25, -0.2) is 4.98 Å². The van der Waals surface area contributed by atoms with Gasteiger partial charge in [0.25, 0.3) is 0 Å². The topological polar surface area (TPSA) is 68.3 Å². The highest BCUT2D eigenvalue weighted by atomic mass is 35.5. The van der Waals surface area contributed by atoms with Gasteiger partial charge in [-0.3, -0.25) is 4.98 Å². The molecule has 0 unspecified atom stereocenters. The molecule has 8 heteroatoms. The smallest absolute Gasteiger partial charge is 0.187 e. The zero-order chi connectivity index (χ0) is 20.4. The van der Waals surface area contributed by atoms with E-state index in [-0.39, 0.29) is 6.10 Å². The highest BCUT2D eigenvalue weighted by Crippen LogP contribution is 2.42. The minimum Gasteiger partial charge on any atom is -0.493 e. The second-order valence-corrected chi connectivity index (χ2v) is 7.74. The summed E-state index contributed by atoms with van der Waals surface area (Å²) < 4.78 is 11.9. The monoisotopic (exact) mass is 432 g/mol. The summed E-state index contributed by atoms with van der Waals surface area (Å²) in [6.07, 6.45) is 7.72. The predicted octanol–water partition coefficient (Wildman–Crippen LogP) is 6.05. The van der Waals surface area contributed by atoms with E-state index < -0.39 is 0 Å². The first kappa shape index (κ1) is 19.9. The van der Waals surface area contributed by atoms with Crippen LogP contribution in [0.15, 0.2) is 30.6 Å². The molecule has 2 aromatic heterocycles. The maximum atomic E-state index is 6.36. The lowest BCUT2D eigenvalue weighted by Crippen LogP contribution is -2.12. The Morgan fingerprint density at radius 2 is 1.83 bits per heavy atom. The van der Waals surface area contributed by atoms with E-state index in [2.05, 4.69) is 15.6 Å². The van der Waals surface area contributed by atoms with Gasteiger partial charge in [0.05, 0.1) is 34.6 Å². The van der Waals surface area contributed by atoms with Gasteiger partial charge < -0.3 is 20.1 Å². The summed E-state index contributed by atoms with van der Waals surface area (Å²) in [6, 6.07) is 5.75. The van der Waals surface area contributed by atoms with Crippen molar-refractivity contribution < 1.29 is 9.47 Å². The van der Waals surface area contributed by atoms with Gasteiger partial charge in [-0.15, -0.1) is 0 Å². The number of methoxy groups -OCH3 is 1. The van der Waals surface area contributed by atoms with Gasteiger partial charge in [-0.1, -0.05) is 23.2 Å². The molecular weight excluding hydrogens is 411 g/mol. The fourth-order valence-electron chi connectivity index (χ4n) is 3.59. The first-order valence-corrected chi connectivity index (χ1v) is 10.3. The normalized spacial score (nSPS) is 14.2. The maximum absolute atomic E-state index is 6.36. The van der Waals surface area contributed by atoms with Crippen molar-refractivity contribution in [2.75, 3.05) is 24.8 Å². The van der Waals surface area contributed by atoms with Crippen molar-refractivity contribution in [1.29, 1.82) is 0 Å². The molecule has 152 valence electrons. The number of nitrogens with zero attached hydrogens (tertiary/aromatic N) is 2. The summed E-state index contributed by atoms with van der Waals surface area (Å²) in [4.78, 5) is 8.77. The third-order valence-electron chi connectivity index (χ3n) is 5.07. The molecule has 2 heterocycles. The number of halogens is 2. The van der Waals surface area contributed by atoms with Crippen LogP contribution in [0.2, 0.25) is 10.0 Å². The lowest BCUT2D eigenvalue weighted by molar-refractivity contribution is 0.203. The molecule has 0 saturated heterocycles. The highest BCUT2D eigenvalue weighted by molar-refractivity contribution is 6.39. The number of pyridine rings is 2. The zero-order valence-corrected chi connectivity index (χ0v) is 17.8. The third-order valence-corrected chi connectivity index (χ3v) is 5.65. The van der Waals surface area contributed by atoms with Crippen molar-refractivity contribution in [1.82, 2.24) is 9.97 Å². The lowest BCUT2D eigenvalue weighted by Gasteiger charge is -2.20. The molecular formula is C21H22Cl2N4O2. The second-order valence-electron chi connectivity index (χ2n) is 6.93. The van der Waals surface area contributed by atoms with Crippen LogP contribution < -0.4 is 20.1 Å². The van der Waals surface area contributed by atoms with Crippen LogP contribution in [0.1, 0.15) is 25.7 Å². The molecule has 0 amide bonds. The Bertz CT molecular complexity index is 1020. The molecule has 4 rings (SSSR count). The van der Waals surface area contributed by atoms with Gasteiger partial charge in [0.1, 0.15) is 11.3 Å². The number of nitrogens with one attached hydrogen (secondary N) is 2. The molecule has 1 fully saturated rings. The van der Waals surface area contributed by atoms with Crippen LogP contribution in [0.4, 0.5) is 17.2 Å². The third kappa shape index (κ3) is 4.00. The average Bonchev–Trinajstić information content (AvgIpc) is 3.24. The van der Waals surface area contributed by atoms with E-state index in [1.807, 2.05) is 25.2 Å². The number of anilines is 3. The maximum Gasteiger partial charge on any atom is 0.187 e. The van der Waals surface area contributed by atoms with Crippen molar-refractivity contribution >= 4 is 51.3 Å². The van der Waals surface area contributed by atoms with Crippen molar-refractivity contribution in [2.24, 2.45) is 0 Å². The lowest BCUT2D eigenvalue weighted by atomic mass is 10.1. The van der Waals surface area contributed by atoms with Gasteiger partial charge in [0.15, 0.2) is 11.5 Å². The fraction of sp³-hybridized carbons (Fsp3) is 0.333. The van der Waals surface area contributed by atoms with Crippen LogP contribution in [0.3, 0.4) is 0 Å². The van der Waals surface area contributed by atoms with Crippen molar-refractivity contribution in [3.05, 3.63) is 40.6 Å². The van der Waals surface area contributed by atoms with E-state index in [1.165, 1.54) is 12.8 Å². The first-order valence-electron chi connectivity index (χ1n) is 9.53. The molecule has 0 spiro atoms. The quantitative estimate of drug-likeness (QED) is 0.493. The van der Waals surface area contributed by atoms with Crippen LogP contribution in [-0.2, 0) is 0 Å². The molecule has 29 heavy (non-hydrogen) atoms. The molecule has 6 nitrogen and oxygen atoms in total.